The molecule has 0 aliphatic rings. The fourth-order valence-corrected chi connectivity index (χ4v) is 8.03. The molecule has 3 nitrogen and oxygen atoms in total. The number of aliphatic carboxylic acids is 1. The molecule has 0 amide bonds. The van der Waals surface area contributed by atoms with Crippen LogP contribution in [0.25, 0.3) is 10.1 Å². The maximum Gasteiger partial charge on any atom is 0.416 e. The molecular weight excluding hydrogens is 590 g/mol. The summed E-state index contributed by atoms with van der Waals surface area (Å²) in [6.45, 7) is 2.14. The van der Waals surface area contributed by atoms with E-state index in [0.717, 1.165) is 51.2 Å². The van der Waals surface area contributed by atoms with Crippen LogP contribution >= 0.6 is 57.0 Å². The summed E-state index contributed by atoms with van der Waals surface area (Å²) in [5.41, 5.74) is 1.13. The Morgan fingerprint density at radius 1 is 1.31 bits per heavy atom. The normalized spacial score (nSPS) is 13.0. The van der Waals surface area contributed by atoms with Gasteiger partial charge >= 0.3 is 12.1 Å². The molecule has 10 heteroatoms. The highest BCUT2D eigenvalue weighted by Gasteiger charge is 2.31. The summed E-state index contributed by atoms with van der Waals surface area (Å²) in [5, 5.41) is 11.6. The lowest BCUT2D eigenvalue weighted by Gasteiger charge is -2.16. The van der Waals surface area contributed by atoms with Gasteiger partial charge < -0.3 is 5.11 Å². The number of thioether (sulfide) groups is 1. The summed E-state index contributed by atoms with van der Waals surface area (Å²) >= 11 is 6.88. The highest BCUT2D eigenvalue weighted by molar-refractivity contribution is 14.1. The van der Waals surface area contributed by atoms with Crippen LogP contribution in [-0.4, -0.2) is 21.8 Å². The Kier molecular flexibility index (Phi) is 9.28. The van der Waals surface area contributed by atoms with E-state index in [9.17, 15) is 18.0 Å². The highest BCUT2D eigenvalue weighted by atomic mass is 127. The van der Waals surface area contributed by atoms with Gasteiger partial charge in [-0.1, -0.05) is 60.2 Å². The Labute approximate surface area is 211 Å². The summed E-state index contributed by atoms with van der Waals surface area (Å²) in [5.74, 6) is 0.227. The van der Waals surface area contributed by atoms with E-state index in [2.05, 4.69) is 34.5 Å². The van der Waals surface area contributed by atoms with Crippen LogP contribution < -0.4 is 0 Å². The molecule has 3 rings (SSSR count). The number of thiazole rings is 1. The largest absolute Gasteiger partial charge is 0.481 e. The molecule has 3 aromatic rings. The van der Waals surface area contributed by atoms with Gasteiger partial charge in [-0.2, -0.15) is 13.2 Å². The number of halogens is 4. The SMILES string of the molecule is CCCCC(CCSc1nc(CC(=O)O)cs1)c1sc2cc(C(F)(F)F)ccc2c1CI. The molecule has 0 aliphatic carbocycles. The molecule has 1 unspecified atom stereocenters. The van der Waals surface area contributed by atoms with Gasteiger partial charge in [-0.15, -0.1) is 22.7 Å². The fourth-order valence-electron chi connectivity index (χ4n) is 3.55. The standard InChI is InChI=1S/C22H23F3INO2S3/c1-2-3-4-13(7-8-30-21-27-15(12-31-21)10-19(28)29)20-17(11-26)16-6-5-14(22(23,24)25)9-18(16)32-20/h5-6,9,12-13H,2-4,7-8,10-11H2,1H3,(H,28,29). The van der Waals surface area contributed by atoms with Crippen LogP contribution in [0.1, 0.15) is 60.2 Å². The second-order valence-corrected chi connectivity index (χ2v) is 11.5. The van der Waals surface area contributed by atoms with E-state index in [1.807, 2.05) is 0 Å². The lowest BCUT2D eigenvalue weighted by Crippen LogP contribution is -2.03. The number of thiophene rings is 1. The second-order valence-electron chi connectivity index (χ2n) is 7.44. The summed E-state index contributed by atoms with van der Waals surface area (Å²) in [6.07, 6.45) is -0.372. The minimum Gasteiger partial charge on any atom is -0.481 e. The summed E-state index contributed by atoms with van der Waals surface area (Å²) < 4.78 is 41.9. The second kappa shape index (κ2) is 11.5. The zero-order valence-corrected chi connectivity index (χ0v) is 22.0. The summed E-state index contributed by atoms with van der Waals surface area (Å²) in [7, 11) is 0. The number of benzene rings is 1. The number of unbranched alkanes of at least 4 members (excludes halogenated alkanes) is 1. The molecule has 0 fully saturated rings. The Hall–Kier alpha value is -0.850. The van der Waals surface area contributed by atoms with Crippen molar-refractivity contribution in [1.82, 2.24) is 4.98 Å². The Balaban J connectivity index is 1.79. The zero-order chi connectivity index (χ0) is 23.3. The van der Waals surface area contributed by atoms with Gasteiger partial charge in [-0.25, -0.2) is 4.98 Å². The molecule has 1 aromatic carbocycles. The van der Waals surface area contributed by atoms with Crippen LogP contribution in [0, 0.1) is 0 Å². The lowest BCUT2D eigenvalue weighted by molar-refractivity contribution is -0.138. The average Bonchev–Trinajstić information content (AvgIpc) is 3.32. The number of rotatable bonds is 11. The van der Waals surface area contributed by atoms with Crippen molar-refractivity contribution in [2.75, 3.05) is 5.75 Å². The van der Waals surface area contributed by atoms with Crippen molar-refractivity contribution in [3.8, 4) is 0 Å². The van der Waals surface area contributed by atoms with E-state index in [0.29, 0.717) is 10.4 Å². The monoisotopic (exact) mass is 613 g/mol. The van der Waals surface area contributed by atoms with Crippen molar-refractivity contribution in [3.05, 3.63) is 45.3 Å². The summed E-state index contributed by atoms with van der Waals surface area (Å²) in [6, 6.07) is 4.09. The van der Waals surface area contributed by atoms with Crippen LogP contribution in [0.2, 0.25) is 0 Å². The topological polar surface area (TPSA) is 50.2 Å². The minimum atomic E-state index is -4.34. The molecule has 0 radical (unpaired) electrons. The molecule has 1 atom stereocenters. The van der Waals surface area contributed by atoms with Gasteiger partial charge in [0, 0.05) is 25.1 Å². The number of carbonyl (C=O) groups is 1. The molecule has 32 heavy (non-hydrogen) atoms. The van der Waals surface area contributed by atoms with Gasteiger partial charge in [0.25, 0.3) is 0 Å². The molecule has 0 bridgehead atoms. The first kappa shape index (κ1) is 25.8. The third-order valence-electron chi connectivity index (χ3n) is 5.12. The number of carboxylic acid groups (broad SMARTS) is 1. The fraction of sp³-hybridized carbons (Fsp3) is 0.455. The number of alkyl halides is 4. The molecule has 0 spiro atoms. The molecule has 174 valence electrons. The van der Waals surface area contributed by atoms with Crippen LogP contribution in [-0.2, 0) is 21.8 Å². The smallest absolute Gasteiger partial charge is 0.416 e. The van der Waals surface area contributed by atoms with Crippen molar-refractivity contribution < 1.29 is 23.1 Å². The maximum absolute atomic E-state index is 13.2. The van der Waals surface area contributed by atoms with Crippen molar-refractivity contribution in [2.24, 2.45) is 0 Å². The first-order valence-corrected chi connectivity index (χ1v) is 14.4. The number of aromatic nitrogens is 1. The highest BCUT2D eigenvalue weighted by Crippen LogP contribution is 2.43. The van der Waals surface area contributed by atoms with Crippen LogP contribution in [0.3, 0.4) is 0 Å². The maximum atomic E-state index is 13.2. The predicted molar refractivity (Wildman–Crippen MR) is 136 cm³/mol. The number of hydrogen-bond donors (Lipinski definition) is 1. The van der Waals surface area contributed by atoms with Gasteiger partial charge in [0.15, 0.2) is 0 Å². The Morgan fingerprint density at radius 2 is 2.09 bits per heavy atom. The van der Waals surface area contributed by atoms with Gasteiger partial charge in [0.2, 0.25) is 0 Å². The molecule has 0 saturated carbocycles. The van der Waals surface area contributed by atoms with Gasteiger partial charge in [-0.05, 0) is 41.8 Å². The van der Waals surface area contributed by atoms with E-state index >= 15 is 0 Å². The first-order valence-electron chi connectivity index (χ1n) is 10.2. The van der Waals surface area contributed by atoms with Crippen molar-refractivity contribution in [3.63, 3.8) is 0 Å². The van der Waals surface area contributed by atoms with E-state index in [-0.39, 0.29) is 12.3 Å². The number of nitrogens with zero attached hydrogens (tertiary/aromatic N) is 1. The van der Waals surface area contributed by atoms with Crippen molar-refractivity contribution >= 4 is 73.1 Å². The van der Waals surface area contributed by atoms with Gasteiger partial charge in [0.1, 0.15) is 4.34 Å². The van der Waals surface area contributed by atoms with E-state index in [1.54, 1.807) is 23.2 Å². The third kappa shape index (κ3) is 6.60. The molecule has 2 aromatic heterocycles. The predicted octanol–water partition coefficient (Wildman–Crippen LogP) is 8.39. The molecule has 2 heterocycles. The zero-order valence-electron chi connectivity index (χ0n) is 17.4. The van der Waals surface area contributed by atoms with Crippen LogP contribution in [0.5, 0.6) is 0 Å². The number of fused-ring (bicyclic) bond motifs is 1. The third-order valence-corrected chi connectivity index (χ3v) is 9.34. The Morgan fingerprint density at radius 3 is 2.75 bits per heavy atom. The van der Waals surface area contributed by atoms with Gasteiger partial charge in [0.05, 0.1) is 17.7 Å². The van der Waals surface area contributed by atoms with Crippen molar-refractivity contribution in [2.45, 2.75) is 59.9 Å². The minimum absolute atomic E-state index is 0.0725. The van der Waals surface area contributed by atoms with E-state index in [1.165, 1.54) is 39.7 Å². The van der Waals surface area contributed by atoms with Crippen LogP contribution in [0.4, 0.5) is 13.2 Å². The average molecular weight is 614 g/mol. The van der Waals surface area contributed by atoms with Crippen molar-refractivity contribution in [1.29, 1.82) is 0 Å². The lowest BCUT2D eigenvalue weighted by atomic mass is 9.94. The first-order chi connectivity index (χ1) is 15.2. The number of carboxylic acids is 1. The Bertz CT molecular complexity index is 1060. The molecule has 1 N–H and O–H groups in total. The number of hydrogen-bond acceptors (Lipinski definition) is 5. The molecular formula is C22H23F3INO2S3. The summed E-state index contributed by atoms with van der Waals surface area (Å²) in [4.78, 5) is 16.4. The van der Waals surface area contributed by atoms with E-state index < -0.39 is 17.7 Å². The molecule has 0 aliphatic heterocycles. The van der Waals surface area contributed by atoms with E-state index in [4.69, 9.17) is 5.11 Å². The molecule has 0 saturated heterocycles. The van der Waals surface area contributed by atoms with Gasteiger partial charge in [-0.3, -0.25) is 4.79 Å². The van der Waals surface area contributed by atoms with Crippen LogP contribution in [0.15, 0.2) is 27.9 Å². The quantitative estimate of drug-likeness (QED) is 0.134.